The van der Waals surface area contributed by atoms with Gasteiger partial charge in [0.1, 0.15) is 0 Å². The molecule has 2 nitrogen and oxygen atoms in total. The van der Waals surface area contributed by atoms with Crippen molar-refractivity contribution in [2.45, 2.75) is 38.6 Å². The van der Waals surface area contributed by atoms with Crippen LogP contribution >= 0.6 is 0 Å². The van der Waals surface area contributed by atoms with Crippen molar-refractivity contribution in [3.63, 3.8) is 0 Å². The molecule has 2 aliphatic heterocycles. The predicted octanol–water partition coefficient (Wildman–Crippen LogP) is 1.72. The molecule has 2 heterocycles. The molecule has 0 aromatic heterocycles. The van der Waals surface area contributed by atoms with Gasteiger partial charge in [-0.2, -0.15) is 0 Å². The van der Waals surface area contributed by atoms with Crippen LogP contribution in [0.2, 0.25) is 0 Å². The van der Waals surface area contributed by atoms with Crippen molar-refractivity contribution in [3.05, 3.63) is 0 Å². The number of rotatable bonds is 1. The van der Waals surface area contributed by atoms with E-state index in [9.17, 15) is 0 Å². The molecule has 0 aromatic rings. The minimum absolute atomic E-state index is 0.847. The summed E-state index contributed by atoms with van der Waals surface area (Å²) in [5, 5.41) is 3.59. The van der Waals surface area contributed by atoms with Gasteiger partial charge in [-0.3, -0.25) is 4.90 Å². The Labute approximate surface area is 93.4 Å². The van der Waals surface area contributed by atoms with Gasteiger partial charge in [0.2, 0.25) is 0 Å². The molecule has 0 spiro atoms. The Balaban J connectivity index is 1.59. The molecule has 0 bridgehead atoms. The van der Waals surface area contributed by atoms with Gasteiger partial charge in [-0.1, -0.05) is 13.3 Å². The molecule has 3 fully saturated rings. The summed E-state index contributed by atoms with van der Waals surface area (Å²) in [6.45, 7) is 7.67. The first-order valence-electron chi connectivity index (χ1n) is 6.77. The van der Waals surface area contributed by atoms with E-state index in [2.05, 4.69) is 17.1 Å². The molecule has 3 rings (SSSR count). The minimum atomic E-state index is 0.847. The van der Waals surface area contributed by atoms with Gasteiger partial charge in [0.25, 0.3) is 0 Å². The van der Waals surface area contributed by atoms with E-state index in [4.69, 9.17) is 0 Å². The molecular weight excluding hydrogens is 184 g/mol. The Morgan fingerprint density at radius 3 is 2.47 bits per heavy atom. The number of hydrogen-bond donors (Lipinski definition) is 1. The summed E-state index contributed by atoms with van der Waals surface area (Å²) in [7, 11) is 0. The SMILES string of the molecule is CC1CNCC(N2CC3CCCC3C2)C1. The molecule has 3 aliphatic rings. The third-order valence-corrected chi connectivity index (χ3v) is 4.82. The first-order chi connectivity index (χ1) is 7.33. The molecule has 1 aliphatic carbocycles. The van der Waals surface area contributed by atoms with Gasteiger partial charge in [-0.15, -0.1) is 0 Å². The smallest absolute Gasteiger partial charge is 0.0223 e. The van der Waals surface area contributed by atoms with E-state index in [1.165, 1.54) is 51.9 Å². The molecule has 4 unspecified atom stereocenters. The Hall–Kier alpha value is -0.0800. The molecule has 86 valence electrons. The zero-order valence-electron chi connectivity index (χ0n) is 9.91. The van der Waals surface area contributed by atoms with E-state index in [1.54, 1.807) is 0 Å². The van der Waals surface area contributed by atoms with Crippen molar-refractivity contribution < 1.29 is 0 Å². The Kier molecular flexibility index (Phi) is 2.73. The largest absolute Gasteiger partial charge is 0.315 e. The summed E-state index contributed by atoms with van der Waals surface area (Å²) < 4.78 is 0. The highest BCUT2D eigenvalue weighted by molar-refractivity contribution is 4.93. The van der Waals surface area contributed by atoms with E-state index in [-0.39, 0.29) is 0 Å². The van der Waals surface area contributed by atoms with Crippen LogP contribution in [0.3, 0.4) is 0 Å². The van der Waals surface area contributed by atoms with Crippen molar-refractivity contribution >= 4 is 0 Å². The van der Waals surface area contributed by atoms with Gasteiger partial charge in [0.05, 0.1) is 0 Å². The van der Waals surface area contributed by atoms with Gasteiger partial charge < -0.3 is 5.32 Å². The third kappa shape index (κ3) is 1.94. The molecule has 1 saturated carbocycles. The average Bonchev–Trinajstić information content (AvgIpc) is 2.76. The number of fused-ring (bicyclic) bond motifs is 1. The van der Waals surface area contributed by atoms with E-state index in [0.29, 0.717) is 0 Å². The number of piperidine rings is 1. The van der Waals surface area contributed by atoms with Crippen molar-refractivity contribution in [1.82, 2.24) is 10.2 Å². The lowest BCUT2D eigenvalue weighted by molar-refractivity contribution is 0.165. The number of hydrogen-bond acceptors (Lipinski definition) is 2. The summed E-state index contributed by atoms with van der Waals surface area (Å²) in [5.41, 5.74) is 0. The first kappa shape index (κ1) is 10.1. The maximum Gasteiger partial charge on any atom is 0.0223 e. The molecular formula is C13H24N2. The second kappa shape index (κ2) is 4.06. The van der Waals surface area contributed by atoms with Crippen LogP contribution in [0.25, 0.3) is 0 Å². The van der Waals surface area contributed by atoms with Crippen LogP contribution in [-0.2, 0) is 0 Å². The maximum absolute atomic E-state index is 3.59. The molecule has 0 amide bonds. The normalized spacial score (nSPS) is 47.0. The van der Waals surface area contributed by atoms with E-state index in [0.717, 1.165) is 23.8 Å². The van der Waals surface area contributed by atoms with Gasteiger partial charge in [0.15, 0.2) is 0 Å². The quantitative estimate of drug-likeness (QED) is 0.706. The van der Waals surface area contributed by atoms with Gasteiger partial charge >= 0.3 is 0 Å². The fraction of sp³-hybridized carbons (Fsp3) is 1.00. The number of nitrogens with one attached hydrogen (secondary N) is 1. The maximum atomic E-state index is 3.59. The van der Waals surface area contributed by atoms with Crippen LogP contribution in [-0.4, -0.2) is 37.1 Å². The highest BCUT2D eigenvalue weighted by Gasteiger charge is 2.39. The van der Waals surface area contributed by atoms with Crippen LogP contribution in [0.1, 0.15) is 32.6 Å². The number of nitrogens with zero attached hydrogens (tertiary/aromatic N) is 1. The van der Waals surface area contributed by atoms with Crippen LogP contribution in [0, 0.1) is 17.8 Å². The van der Waals surface area contributed by atoms with E-state index >= 15 is 0 Å². The molecule has 0 aromatic carbocycles. The van der Waals surface area contributed by atoms with Crippen molar-refractivity contribution in [1.29, 1.82) is 0 Å². The second-order valence-corrected chi connectivity index (χ2v) is 6.06. The predicted molar refractivity (Wildman–Crippen MR) is 62.8 cm³/mol. The zero-order valence-corrected chi connectivity index (χ0v) is 9.91. The molecule has 4 atom stereocenters. The Morgan fingerprint density at radius 2 is 1.80 bits per heavy atom. The van der Waals surface area contributed by atoms with Crippen LogP contribution in [0.4, 0.5) is 0 Å². The van der Waals surface area contributed by atoms with Crippen LogP contribution in [0.5, 0.6) is 0 Å². The third-order valence-electron chi connectivity index (χ3n) is 4.82. The highest BCUT2D eigenvalue weighted by Crippen LogP contribution is 2.39. The lowest BCUT2D eigenvalue weighted by atomic mass is 9.96. The van der Waals surface area contributed by atoms with Crippen LogP contribution in [0.15, 0.2) is 0 Å². The van der Waals surface area contributed by atoms with Gasteiger partial charge in [-0.25, -0.2) is 0 Å². The fourth-order valence-electron chi connectivity index (χ4n) is 3.98. The molecule has 15 heavy (non-hydrogen) atoms. The summed E-state index contributed by atoms with van der Waals surface area (Å²) in [5.74, 6) is 2.99. The highest BCUT2D eigenvalue weighted by atomic mass is 15.2. The summed E-state index contributed by atoms with van der Waals surface area (Å²) in [4.78, 5) is 2.79. The van der Waals surface area contributed by atoms with E-state index < -0.39 is 0 Å². The zero-order chi connectivity index (χ0) is 10.3. The topological polar surface area (TPSA) is 15.3 Å². The van der Waals surface area contributed by atoms with Gasteiger partial charge in [0, 0.05) is 25.7 Å². The van der Waals surface area contributed by atoms with Crippen molar-refractivity contribution in [3.8, 4) is 0 Å². The number of likely N-dealkylation sites (tertiary alicyclic amines) is 1. The molecule has 0 radical (unpaired) electrons. The summed E-state index contributed by atoms with van der Waals surface area (Å²) >= 11 is 0. The molecule has 1 N–H and O–H groups in total. The summed E-state index contributed by atoms with van der Waals surface area (Å²) in [6.07, 6.45) is 5.95. The monoisotopic (exact) mass is 208 g/mol. The van der Waals surface area contributed by atoms with Crippen molar-refractivity contribution in [2.24, 2.45) is 17.8 Å². The average molecular weight is 208 g/mol. The Bertz CT molecular complexity index is 217. The van der Waals surface area contributed by atoms with E-state index in [1.807, 2.05) is 0 Å². The lowest BCUT2D eigenvalue weighted by Crippen LogP contribution is -2.48. The summed E-state index contributed by atoms with van der Waals surface area (Å²) in [6, 6.07) is 0.847. The Morgan fingerprint density at radius 1 is 1.07 bits per heavy atom. The van der Waals surface area contributed by atoms with Crippen LogP contribution < -0.4 is 5.32 Å². The van der Waals surface area contributed by atoms with Gasteiger partial charge in [-0.05, 0) is 43.6 Å². The molecule has 2 saturated heterocycles. The lowest BCUT2D eigenvalue weighted by Gasteiger charge is -2.35. The standard InChI is InChI=1S/C13H24N2/c1-10-5-13(7-14-6-10)15-8-11-3-2-4-12(11)9-15/h10-14H,2-9H2,1H3. The minimum Gasteiger partial charge on any atom is -0.315 e. The van der Waals surface area contributed by atoms with Crippen molar-refractivity contribution in [2.75, 3.05) is 26.2 Å². The fourth-order valence-corrected chi connectivity index (χ4v) is 3.98. The molecule has 2 heteroatoms. The first-order valence-corrected chi connectivity index (χ1v) is 6.77. The second-order valence-electron chi connectivity index (χ2n) is 6.06.